The molecule has 1 saturated heterocycles. The summed E-state index contributed by atoms with van der Waals surface area (Å²) in [5.74, 6) is 6.74. The van der Waals surface area contributed by atoms with E-state index in [0.717, 1.165) is 31.9 Å². The first-order valence-electron chi connectivity index (χ1n) is 6.85. The van der Waals surface area contributed by atoms with Crippen LogP contribution in [0.25, 0.3) is 0 Å². The molecule has 0 aliphatic carbocycles. The molecule has 1 aliphatic heterocycles. The van der Waals surface area contributed by atoms with Crippen LogP contribution in [0.5, 0.6) is 0 Å². The van der Waals surface area contributed by atoms with Gasteiger partial charge in [-0.3, -0.25) is 4.90 Å². The molecular formula is C17H17NOS. The van der Waals surface area contributed by atoms with E-state index in [1.807, 2.05) is 18.2 Å². The molecule has 1 atom stereocenters. The van der Waals surface area contributed by atoms with Gasteiger partial charge < -0.3 is 4.74 Å². The number of morpholine rings is 1. The summed E-state index contributed by atoms with van der Waals surface area (Å²) in [4.78, 5) is 3.72. The molecule has 0 saturated carbocycles. The summed E-state index contributed by atoms with van der Waals surface area (Å²) >= 11 is 1.77. The maximum Gasteiger partial charge on any atom is 0.107 e. The predicted octanol–water partition coefficient (Wildman–Crippen LogP) is 3.17. The SMILES string of the molecule is C(#CC(c1cccs1)N1CCOCC1)c1ccccc1. The number of benzene rings is 1. The van der Waals surface area contributed by atoms with Crippen LogP contribution in [0.15, 0.2) is 47.8 Å². The smallest absolute Gasteiger partial charge is 0.107 e. The number of nitrogens with zero attached hydrogens (tertiary/aromatic N) is 1. The zero-order valence-corrected chi connectivity index (χ0v) is 12.1. The van der Waals surface area contributed by atoms with Crippen molar-refractivity contribution in [3.05, 3.63) is 58.3 Å². The number of hydrogen-bond donors (Lipinski definition) is 0. The lowest BCUT2D eigenvalue weighted by Crippen LogP contribution is -2.38. The Morgan fingerprint density at radius 3 is 2.55 bits per heavy atom. The van der Waals surface area contributed by atoms with Crippen molar-refractivity contribution in [3.8, 4) is 11.8 Å². The Labute approximate surface area is 124 Å². The maximum atomic E-state index is 5.44. The van der Waals surface area contributed by atoms with Crippen LogP contribution in [0.1, 0.15) is 16.5 Å². The second kappa shape index (κ2) is 6.71. The fourth-order valence-electron chi connectivity index (χ4n) is 2.30. The van der Waals surface area contributed by atoms with E-state index in [-0.39, 0.29) is 6.04 Å². The highest BCUT2D eigenvalue weighted by atomic mass is 32.1. The molecular weight excluding hydrogens is 266 g/mol. The Balaban J connectivity index is 1.84. The fourth-order valence-corrected chi connectivity index (χ4v) is 3.11. The summed E-state index contributed by atoms with van der Waals surface area (Å²) in [5, 5.41) is 2.12. The van der Waals surface area contributed by atoms with Gasteiger partial charge in [0, 0.05) is 23.5 Å². The molecule has 2 nitrogen and oxygen atoms in total. The Bertz CT molecular complexity index is 576. The molecule has 2 heterocycles. The second-order valence-electron chi connectivity index (χ2n) is 4.70. The highest BCUT2D eigenvalue weighted by Crippen LogP contribution is 2.25. The third-order valence-electron chi connectivity index (χ3n) is 3.35. The highest BCUT2D eigenvalue weighted by Gasteiger charge is 2.21. The van der Waals surface area contributed by atoms with Gasteiger partial charge in [0.2, 0.25) is 0 Å². The van der Waals surface area contributed by atoms with Crippen LogP contribution in [-0.4, -0.2) is 31.2 Å². The van der Waals surface area contributed by atoms with Crippen LogP contribution in [0.2, 0.25) is 0 Å². The average molecular weight is 283 g/mol. The number of ether oxygens (including phenoxy) is 1. The maximum absolute atomic E-state index is 5.44. The third-order valence-corrected chi connectivity index (χ3v) is 4.28. The van der Waals surface area contributed by atoms with Gasteiger partial charge in [0.05, 0.1) is 13.2 Å². The van der Waals surface area contributed by atoms with Gasteiger partial charge in [-0.15, -0.1) is 11.3 Å². The first-order chi connectivity index (χ1) is 9.93. The van der Waals surface area contributed by atoms with Gasteiger partial charge in [-0.05, 0) is 23.6 Å². The van der Waals surface area contributed by atoms with Crippen molar-refractivity contribution in [1.82, 2.24) is 4.90 Å². The van der Waals surface area contributed by atoms with E-state index in [1.165, 1.54) is 4.88 Å². The van der Waals surface area contributed by atoms with Crippen LogP contribution in [0.3, 0.4) is 0 Å². The highest BCUT2D eigenvalue weighted by molar-refractivity contribution is 7.10. The Morgan fingerprint density at radius 1 is 1.05 bits per heavy atom. The quantitative estimate of drug-likeness (QED) is 0.785. The average Bonchev–Trinajstić information content (AvgIpc) is 3.04. The van der Waals surface area contributed by atoms with Gasteiger partial charge in [0.1, 0.15) is 6.04 Å². The van der Waals surface area contributed by atoms with Gasteiger partial charge in [-0.25, -0.2) is 0 Å². The molecule has 20 heavy (non-hydrogen) atoms. The summed E-state index contributed by atoms with van der Waals surface area (Å²) in [7, 11) is 0. The lowest BCUT2D eigenvalue weighted by molar-refractivity contribution is 0.0275. The Kier molecular flexibility index (Phi) is 4.49. The van der Waals surface area contributed by atoms with Crippen molar-refractivity contribution in [1.29, 1.82) is 0 Å². The van der Waals surface area contributed by atoms with Gasteiger partial charge in [0.25, 0.3) is 0 Å². The minimum Gasteiger partial charge on any atom is -0.379 e. The molecule has 1 unspecified atom stereocenters. The number of hydrogen-bond acceptors (Lipinski definition) is 3. The van der Waals surface area contributed by atoms with Crippen molar-refractivity contribution in [3.63, 3.8) is 0 Å². The minimum atomic E-state index is 0.180. The normalized spacial score (nSPS) is 17.2. The standard InChI is InChI=1S/C17H17NOS/c1-2-5-15(6-3-1)8-9-16(17-7-4-14-20-17)18-10-12-19-13-11-18/h1-7,14,16H,10-13H2. The summed E-state index contributed by atoms with van der Waals surface area (Å²) in [6.07, 6.45) is 0. The fraction of sp³-hybridized carbons (Fsp3) is 0.294. The van der Waals surface area contributed by atoms with E-state index in [1.54, 1.807) is 11.3 Å². The summed E-state index contributed by atoms with van der Waals surface area (Å²) in [6, 6.07) is 14.6. The molecule has 0 radical (unpaired) electrons. The van der Waals surface area contributed by atoms with Gasteiger partial charge in [-0.2, -0.15) is 0 Å². The molecule has 1 aliphatic rings. The molecule has 0 spiro atoms. The van der Waals surface area contributed by atoms with E-state index < -0.39 is 0 Å². The van der Waals surface area contributed by atoms with Crippen molar-refractivity contribution >= 4 is 11.3 Å². The minimum absolute atomic E-state index is 0.180. The van der Waals surface area contributed by atoms with Crippen molar-refractivity contribution in [2.24, 2.45) is 0 Å². The van der Waals surface area contributed by atoms with Gasteiger partial charge in [-0.1, -0.05) is 36.1 Å². The molecule has 0 amide bonds. The zero-order valence-electron chi connectivity index (χ0n) is 11.3. The van der Waals surface area contributed by atoms with E-state index in [2.05, 4.69) is 46.4 Å². The Hall–Kier alpha value is -1.60. The molecule has 102 valence electrons. The van der Waals surface area contributed by atoms with Gasteiger partial charge >= 0.3 is 0 Å². The summed E-state index contributed by atoms with van der Waals surface area (Å²) < 4.78 is 5.44. The number of thiophene rings is 1. The molecule has 1 aromatic carbocycles. The summed E-state index contributed by atoms with van der Waals surface area (Å²) in [5.41, 5.74) is 1.07. The lowest BCUT2D eigenvalue weighted by Gasteiger charge is -2.30. The van der Waals surface area contributed by atoms with E-state index >= 15 is 0 Å². The molecule has 3 heteroatoms. The van der Waals surface area contributed by atoms with E-state index in [4.69, 9.17) is 4.74 Å². The van der Waals surface area contributed by atoms with Crippen LogP contribution in [0.4, 0.5) is 0 Å². The first-order valence-corrected chi connectivity index (χ1v) is 7.73. The van der Waals surface area contributed by atoms with Crippen LogP contribution < -0.4 is 0 Å². The van der Waals surface area contributed by atoms with E-state index in [9.17, 15) is 0 Å². The molecule has 2 aromatic rings. The second-order valence-corrected chi connectivity index (χ2v) is 5.68. The first kappa shape index (κ1) is 13.4. The molecule has 0 N–H and O–H groups in total. The molecule has 3 rings (SSSR count). The van der Waals surface area contributed by atoms with Crippen LogP contribution in [0, 0.1) is 11.8 Å². The molecule has 1 fully saturated rings. The monoisotopic (exact) mass is 283 g/mol. The lowest BCUT2D eigenvalue weighted by atomic mass is 10.1. The predicted molar refractivity (Wildman–Crippen MR) is 82.8 cm³/mol. The molecule has 1 aromatic heterocycles. The van der Waals surface area contributed by atoms with Crippen LogP contribution in [-0.2, 0) is 4.74 Å². The molecule has 0 bridgehead atoms. The number of rotatable bonds is 2. The largest absolute Gasteiger partial charge is 0.379 e. The third kappa shape index (κ3) is 3.29. The van der Waals surface area contributed by atoms with E-state index in [0.29, 0.717) is 0 Å². The van der Waals surface area contributed by atoms with Gasteiger partial charge in [0.15, 0.2) is 0 Å². The van der Waals surface area contributed by atoms with Crippen LogP contribution >= 0.6 is 11.3 Å². The van der Waals surface area contributed by atoms with Crippen molar-refractivity contribution < 1.29 is 4.74 Å². The zero-order chi connectivity index (χ0) is 13.6. The van der Waals surface area contributed by atoms with Crippen molar-refractivity contribution in [2.45, 2.75) is 6.04 Å². The Morgan fingerprint density at radius 2 is 1.85 bits per heavy atom. The topological polar surface area (TPSA) is 12.5 Å². The van der Waals surface area contributed by atoms with Crippen molar-refractivity contribution in [2.75, 3.05) is 26.3 Å². The summed E-state index contributed by atoms with van der Waals surface area (Å²) in [6.45, 7) is 3.50.